The maximum atomic E-state index is 12.5. The van der Waals surface area contributed by atoms with Crippen molar-refractivity contribution in [1.29, 1.82) is 0 Å². The maximum absolute atomic E-state index is 12.5. The highest BCUT2D eigenvalue weighted by molar-refractivity contribution is 9.10. The van der Waals surface area contributed by atoms with Gasteiger partial charge >= 0.3 is 5.97 Å². The molecule has 0 saturated heterocycles. The van der Waals surface area contributed by atoms with Crippen molar-refractivity contribution in [3.63, 3.8) is 0 Å². The van der Waals surface area contributed by atoms with E-state index in [9.17, 15) is 9.59 Å². The summed E-state index contributed by atoms with van der Waals surface area (Å²) in [4.78, 5) is 24.3. The fourth-order valence-corrected chi connectivity index (χ4v) is 2.70. The van der Waals surface area contributed by atoms with Gasteiger partial charge in [-0.2, -0.15) is 0 Å². The van der Waals surface area contributed by atoms with Crippen molar-refractivity contribution >= 4 is 27.8 Å². The van der Waals surface area contributed by atoms with E-state index >= 15 is 0 Å². The van der Waals surface area contributed by atoms with E-state index in [0.29, 0.717) is 11.1 Å². The smallest absolute Gasteiger partial charge is 0.339 e. The van der Waals surface area contributed by atoms with Gasteiger partial charge in [0.25, 0.3) is 5.91 Å². The second kappa shape index (κ2) is 6.27. The van der Waals surface area contributed by atoms with Crippen molar-refractivity contribution in [1.82, 2.24) is 5.32 Å². The zero-order valence-corrected chi connectivity index (χ0v) is 13.5. The highest BCUT2D eigenvalue weighted by Crippen LogP contribution is 2.31. The molecular formula is C18H12BrNO3. The number of esters is 1. The average molecular weight is 370 g/mol. The molecule has 0 aliphatic carbocycles. The van der Waals surface area contributed by atoms with Crippen LogP contribution in [0.3, 0.4) is 0 Å². The number of nitrogens with one attached hydrogen (secondary N) is 1. The van der Waals surface area contributed by atoms with Crippen molar-refractivity contribution < 1.29 is 14.3 Å². The van der Waals surface area contributed by atoms with E-state index < -0.39 is 24.0 Å². The first kappa shape index (κ1) is 15.3. The Hall–Kier alpha value is -2.58. The summed E-state index contributed by atoms with van der Waals surface area (Å²) in [7, 11) is 0. The summed E-state index contributed by atoms with van der Waals surface area (Å²) >= 11 is 3.35. The maximum Gasteiger partial charge on any atom is 0.339 e. The molecule has 1 heterocycles. The van der Waals surface area contributed by atoms with E-state index in [-0.39, 0.29) is 0 Å². The fraction of sp³-hybridized carbons (Fsp3) is 0.111. The van der Waals surface area contributed by atoms with Gasteiger partial charge < -0.3 is 10.1 Å². The van der Waals surface area contributed by atoms with Gasteiger partial charge in [-0.1, -0.05) is 52.2 Å². The number of hydrogen-bond donors (Lipinski definition) is 1. The third kappa shape index (κ3) is 2.99. The first-order valence-electron chi connectivity index (χ1n) is 6.92. The highest BCUT2D eigenvalue weighted by atomic mass is 79.9. The van der Waals surface area contributed by atoms with Crippen molar-refractivity contribution in [2.45, 2.75) is 12.1 Å². The Morgan fingerprint density at radius 2 is 1.91 bits per heavy atom. The minimum absolute atomic E-state index is 0.411. The number of fused-ring (bicyclic) bond motifs is 1. The second-order valence-corrected chi connectivity index (χ2v) is 5.95. The van der Waals surface area contributed by atoms with Crippen LogP contribution in [0.15, 0.2) is 53.0 Å². The Morgan fingerprint density at radius 1 is 1.22 bits per heavy atom. The third-order valence-electron chi connectivity index (χ3n) is 3.58. The molecule has 2 aromatic carbocycles. The first-order chi connectivity index (χ1) is 11.1. The zero-order chi connectivity index (χ0) is 16.4. The lowest BCUT2D eigenvalue weighted by molar-refractivity contribution is -0.130. The van der Waals surface area contributed by atoms with Crippen LogP contribution in [0.25, 0.3) is 0 Å². The fourth-order valence-electron chi connectivity index (χ4n) is 2.43. The Morgan fingerprint density at radius 3 is 2.61 bits per heavy atom. The van der Waals surface area contributed by atoms with Crippen LogP contribution >= 0.6 is 15.9 Å². The predicted octanol–water partition coefficient (Wildman–Crippen LogP) is 3.15. The molecule has 0 spiro atoms. The molecule has 1 amide bonds. The van der Waals surface area contributed by atoms with E-state index in [1.165, 1.54) is 0 Å². The lowest BCUT2D eigenvalue weighted by atomic mass is 10.0. The molecule has 0 saturated carbocycles. The molecule has 0 bridgehead atoms. The molecule has 1 N–H and O–H groups in total. The minimum atomic E-state index is -0.968. The number of rotatable bonds is 3. The molecule has 1 aliphatic rings. The molecule has 5 heteroatoms. The summed E-state index contributed by atoms with van der Waals surface area (Å²) < 4.78 is 6.09. The summed E-state index contributed by atoms with van der Waals surface area (Å²) in [6, 6.07) is 13.6. The lowest BCUT2D eigenvalue weighted by Crippen LogP contribution is -2.32. The van der Waals surface area contributed by atoms with Gasteiger partial charge in [0.1, 0.15) is 6.04 Å². The SMILES string of the molecule is C#CC(NC(=O)C1OC(=O)c2ccccc21)c1ccc(Br)cc1. The number of benzene rings is 2. The minimum Gasteiger partial charge on any atom is -0.444 e. The number of carbonyl (C=O) groups is 2. The summed E-state index contributed by atoms with van der Waals surface area (Å²) in [6.07, 6.45) is 4.56. The van der Waals surface area contributed by atoms with Crippen LogP contribution in [0.2, 0.25) is 0 Å². The van der Waals surface area contributed by atoms with Crippen LogP contribution in [-0.2, 0) is 9.53 Å². The number of cyclic esters (lactones) is 1. The van der Waals surface area contributed by atoms with Crippen LogP contribution in [0, 0.1) is 12.3 Å². The number of carbonyl (C=O) groups excluding carboxylic acids is 2. The molecule has 2 atom stereocenters. The van der Waals surface area contributed by atoms with Gasteiger partial charge in [0.2, 0.25) is 6.10 Å². The third-order valence-corrected chi connectivity index (χ3v) is 4.11. The number of amides is 1. The quantitative estimate of drug-likeness (QED) is 0.667. The topological polar surface area (TPSA) is 55.4 Å². The van der Waals surface area contributed by atoms with Crippen molar-refractivity contribution in [3.05, 3.63) is 69.7 Å². The van der Waals surface area contributed by atoms with Gasteiger partial charge in [-0.3, -0.25) is 4.79 Å². The molecule has 0 fully saturated rings. The molecule has 0 radical (unpaired) electrons. The van der Waals surface area contributed by atoms with Crippen LogP contribution in [0.5, 0.6) is 0 Å². The Bertz CT molecular complexity index is 808. The molecule has 23 heavy (non-hydrogen) atoms. The summed E-state index contributed by atoms with van der Waals surface area (Å²) in [5.41, 5.74) is 1.75. The monoisotopic (exact) mass is 369 g/mol. The van der Waals surface area contributed by atoms with Gasteiger partial charge in [0.05, 0.1) is 5.56 Å². The van der Waals surface area contributed by atoms with Crippen molar-refractivity contribution in [2.75, 3.05) is 0 Å². The molecule has 0 aromatic heterocycles. The van der Waals surface area contributed by atoms with Gasteiger partial charge in [0, 0.05) is 10.0 Å². The average Bonchev–Trinajstić information content (AvgIpc) is 2.91. The van der Waals surface area contributed by atoms with E-state index in [2.05, 4.69) is 27.2 Å². The van der Waals surface area contributed by atoms with Gasteiger partial charge in [-0.15, -0.1) is 6.42 Å². The molecule has 1 aliphatic heterocycles. The summed E-state index contributed by atoms with van der Waals surface area (Å²) in [6.45, 7) is 0. The molecule has 4 nitrogen and oxygen atoms in total. The van der Waals surface area contributed by atoms with E-state index in [4.69, 9.17) is 11.2 Å². The number of ether oxygens (including phenoxy) is 1. The largest absolute Gasteiger partial charge is 0.444 e. The lowest BCUT2D eigenvalue weighted by Gasteiger charge is -2.17. The van der Waals surface area contributed by atoms with Crippen molar-refractivity contribution in [2.24, 2.45) is 0 Å². The standard InChI is InChI=1S/C18H12BrNO3/c1-2-15(11-7-9-12(19)10-8-11)20-17(21)16-13-5-3-4-6-14(13)18(22)23-16/h1,3-10,15-16H,(H,20,21). The summed E-state index contributed by atoms with van der Waals surface area (Å²) in [5.74, 6) is 1.61. The molecule has 3 rings (SSSR count). The van der Waals surface area contributed by atoms with Crippen LogP contribution in [0.4, 0.5) is 0 Å². The Kier molecular flexibility index (Phi) is 4.18. The van der Waals surface area contributed by atoms with Gasteiger partial charge in [-0.05, 0) is 23.8 Å². The van der Waals surface area contributed by atoms with Crippen LogP contribution in [-0.4, -0.2) is 11.9 Å². The number of halogens is 1. The van der Waals surface area contributed by atoms with E-state index in [0.717, 1.165) is 10.0 Å². The molecular weight excluding hydrogens is 358 g/mol. The zero-order valence-electron chi connectivity index (χ0n) is 12.0. The van der Waals surface area contributed by atoms with E-state index in [1.54, 1.807) is 24.3 Å². The Balaban J connectivity index is 1.80. The second-order valence-electron chi connectivity index (χ2n) is 5.03. The van der Waals surface area contributed by atoms with Crippen LogP contribution < -0.4 is 5.32 Å². The van der Waals surface area contributed by atoms with Crippen molar-refractivity contribution in [3.8, 4) is 12.3 Å². The molecule has 114 valence electrons. The van der Waals surface area contributed by atoms with E-state index in [1.807, 2.05) is 24.3 Å². The molecule has 2 aromatic rings. The number of terminal acetylenes is 1. The molecule has 2 unspecified atom stereocenters. The highest BCUT2D eigenvalue weighted by Gasteiger charge is 2.36. The summed E-state index contributed by atoms with van der Waals surface area (Å²) in [5, 5.41) is 2.74. The van der Waals surface area contributed by atoms with Gasteiger partial charge in [0.15, 0.2) is 0 Å². The van der Waals surface area contributed by atoms with Crippen LogP contribution in [0.1, 0.15) is 33.6 Å². The predicted molar refractivity (Wildman–Crippen MR) is 88.5 cm³/mol. The first-order valence-corrected chi connectivity index (χ1v) is 7.71. The van der Waals surface area contributed by atoms with Gasteiger partial charge in [-0.25, -0.2) is 4.79 Å². The normalized spacial score (nSPS) is 16.9. The number of hydrogen-bond acceptors (Lipinski definition) is 3. The Labute approximate surface area is 142 Å².